The number of hydrogen-bond donors (Lipinski definition) is 1. The van der Waals surface area contributed by atoms with Crippen molar-refractivity contribution in [1.82, 2.24) is 4.90 Å². The first-order valence-corrected chi connectivity index (χ1v) is 8.12. The van der Waals surface area contributed by atoms with Crippen LogP contribution in [-0.2, 0) is 4.79 Å². The Morgan fingerprint density at radius 1 is 1.00 bits per heavy atom. The lowest BCUT2D eigenvalue weighted by atomic mass is 10.0. The number of rotatable bonds is 4. The summed E-state index contributed by atoms with van der Waals surface area (Å²) in [6.45, 7) is 3.26. The normalized spacial score (nSPS) is 17.0. The number of hydrogen-bond acceptors (Lipinski definition) is 3. The molecule has 1 atom stereocenters. The van der Waals surface area contributed by atoms with Gasteiger partial charge in [-0.25, -0.2) is 0 Å². The highest BCUT2D eigenvalue weighted by Crippen LogP contribution is 2.25. The molecule has 1 unspecified atom stereocenters. The van der Waals surface area contributed by atoms with Gasteiger partial charge in [-0.05, 0) is 23.8 Å². The van der Waals surface area contributed by atoms with Gasteiger partial charge >= 0.3 is 0 Å². The van der Waals surface area contributed by atoms with Gasteiger partial charge in [-0.3, -0.25) is 9.69 Å². The van der Waals surface area contributed by atoms with Gasteiger partial charge in [-0.2, -0.15) is 0 Å². The zero-order valence-electron chi connectivity index (χ0n) is 12.9. The van der Waals surface area contributed by atoms with Crippen LogP contribution in [0.25, 0.3) is 0 Å². The summed E-state index contributed by atoms with van der Waals surface area (Å²) in [6, 6.07) is 17.2. The van der Waals surface area contributed by atoms with Crippen molar-refractivity contribution < 1.29 is 4.79 Å². The molecule has 5 heteroatoms. The minimum atomic E-state index is -0.363. The van der Waals surface area contributed by atoms with E-state index in [0.29, 0.717) is 0 Å². The van der Waals surface area contributed by atoms with Gasteiger partial charge in [0.05, 0.1) is 0 Å². The Morgan fingerprint density at radius 3 is 2.30 bits per heavy atom. The average molecular weight is 330 g/mol. The smallest absolute Gasteiger partial charge is 0.239 e. The molecule has 1 fully saturated rings. The van der Waals surface area contributed by atoms with Gasteiger partial charge in [0.1, 0.15) is 6.04 Å². The highest BCUT2D eigenvalue weighted by atomic mass is 35.5. The van der Waals surface area contributed by atoms with E-state index < -0.39 is 0 Å². The minimum absolute atomic E-state index is 0.299. The minimum Gasteiger partial charge on any atom is -0.369 e. The third-order valence-corrected chi connectivity index (χ3v) is 4.47. The Hall–Kier alpha value is -2.04. The molecule has 4 nitrogen and oxygen atoms in total. The molecule has 0 bridgehead atoms. The molecule has 1 saturated heterocycles. The molecule has 0 aromatic heterocycles. The number of nitrogens with two attached hydrogens (primary N) is 1. The van der Waals surface area contributed by atoms with E-state index in [1.807, 2.05) is 48.5 Å². The molecule has 1 amide bonds. The molecule has 1 heterocycles. The highest BCUT2D eigenvalue weighted by molar-refractivity contribution is 6.30. The molecule has 3 rings (SSSR count). The van der Waals surface area contributed by atoms with Gasteiger partial charge in [-0.15, -0.1) is 0 Å². The summed E-state index contributed by atoms with van der Waals surface area (Å²) in [5, 5.41) is 0.740. The van der Waals surface area contributed by atoms with E-state index in [1.54, 1.807) is 0 Å². The molecule has 0 saturated carbocycles. The molecule has 0 radical (unpaired) electrons. The van der Waals surface area contributed by atoms with E-state index in [9.17, 15) is 4.79 Å². The Balaban J connectivity index is 1.71. The zero-order chi connectivity index (χ0) is 16.2. The number of amides is 1. The van der Waals surface area contributed by atoms with Crippen LogP contribution in [0.4, 0.5) is 5.69 Å². The number of halogens is 1. The maximum atomic E-state index is 11.9. The fourth-order valence-electron chi connectivity index (χ4n) is 3.10. The molecular formula is C18H20ClN3O. The number of benzene rings is 2. The molecule has 2 N–H and O–H groups in total. The summed E-state index contributed by atoms with van der Waals surface area (Å²) < 4.78 is 0. The average Bonchev–Trinajstić information content (AvgIpc) is 2.56. The fourth-order valence-corrected chi connectivity index (χ4v) is 3.29. The Morgan fingerprint density at radius 2 is 1.70 bits per heavy atom. The predicted octanol–water partition coefficient (Wildman–Crippen LogP) is 2.69. The van der Waals surface area contributed by atoms with Crippen molar-refractivity contribution in [3.05, 3.63) is 65.2 Å². The van der Waals surface area contributed by atoms with Gasteiger partial charge in [0.15, 0.2) is 0 Å². The van der Waals surface area contributed by atoms with Crippen LogP contribution in [0.3, 0.4) is 0 Å². The van der Waals surface area contributed by atoms with Crippen molar-refractivity contribution in [3.8, 4) is 0 Å². The largest absolute Gasteiger partial charge is 0.369 e. The van der Waals surface area contributed by atoms with Crippen molar-refractivity contribution >= 4 is 23.2 Å². The van der Waals surface area contributed by atoms with Crippen LogP contribution < -0.4 is 10.6 Å². The second-order valence-corrected chi connectivity index (χ2v) is 6.15. The van der Waals surface area contributed by atoms with Gasteiger partial charge in [0.2, 0.25) is 5.91 Å². The van der Waals surface area contributed by atoms with Crippen molar-refractivity contribution in [3.63, 3.8) is 0 Å². The number of primary amides is 1. The standard InChI is InChI=1S/C18H20ClN3O/c19-15-7-4-8-16(13-15)21-9-11-22(12-10-21)17(18(20)23)14-5-2-1-3-6-14/h1-8,13,17H,9-12H2,(H2,20,23). The lowest BCUT2D eigenvalue weighted by molar-refractivity contribution is -0.123. The quantitative estimate of drug-likeness (QED) is 0.938. The van der Waals surface area contributed by atoms with E-state index in [0.717, 1.165) is 42.5 Å². The lowest BCUT2D eigenvalue weighted by Gasteiger charge is -2.39. The number of piperazine rings is 1. The third-order valence-electron chi connectivity index (χ3n) is 4.24. The second-order valence-electron chi connectivity index (χ2n) is 5.72. The Kier molecular flexibility index (Phi) is 4.84. The summed E-state index contributed by atoms with van der Waals surface area (Å²) in [5.74, 6) is -0.299. The summed E-state index contributed by atoms with van der Waals surface area (Å²) >= 11 is 6.07. The van der Waals surface area contributed by atoms with Crippen molar-refractivity contribution in [2.75, 3.05) is 31.1 Å². The van der Waals surface area contributed by atoms with Gasteiger partial charge in [-0.1, -0.05) is 48.0 Å². The molecule has 2 aromatic rings. The number of carbonyl (C=O) groups is 1. The van der Waals surface area contributed by atoms with E-state index in [2.05, 4.69) is 15.9 Å². The van der Waals surface area contributed by atoms with Crippen molar-refractivity contribution in [1.29, 1.82) is 0 Å². The van der Waals surface area contributed by atoms with Gasteiger partial charge < -0.3 is 10.6 Å². The Labute approximate surface area is 141 Å². The predicted molar refractivity (Wildman–Crippen MR) is 93.6 cm³/mol. The monoisotopic (exact) mass is 329 g/mol. The summed E-state index contributed by atoms with van der Waals surface area (Å²) in [6.07, 6.45) is 0. The number of nitrogens with zero attached hydrogens (tertiary/aromatic N) is 2. The van der Waals surface area contributed by atoms with Crippen molar-refractivity contribution in [2.24, 2.45) is 5.73 Å². The molecule has 1 aliphatic heterocycles. The molecule has 1 aliphatic rings. The van der Waals surface area contributed by atoms with Crippen LogP contribution in [0, 0.1) is 0 Å². The molecular weight excluding hydrogens is 310 g/mol. The van der Waals surface area contributed by atoms with E-state index in [4.69, 9.17) is 17.3 Å². The third kappa shape index (κ3) is 3.66. The van der Waals surface area contributed by atoms with Crippen LogP contribution in [0.5, 0.6) is 0 Å². The first kappa shape index (κ1) is 15.8. The van der Waals surface area contributed by atoms with E-state index in [-0.39, 0.29) is 11.9 Å². The number of anilines is 1. The SMILES string of the molecule is NC(=O)C(c1ccccc1)N1CCN(c2cccc(Cl)c2)CC1. The first-order valence-electron chi connectivity index (χ1n) is 7.74. The topological polar surface area (TPSA) is 49.6 Å². The maximum Gasteiger partial charge on any atom is 0.239 e. The van der Waals surface area contributed by atoms with E-state index in [1.165, 1.54) is 0 Å². The highest BCUT2D eigenvalue weighted by Gasteiger charge is 2.28. The van der Waals surface area contributed by atoms with Crippen LogP contribution in [0.1, 0.15) is 11.6 Å². The molecule has 0 aliphatic carbocycles. The second kappa shape index (κ2) is 7.02. The van der Waals surface area contributed by atoms with Gasteiger partial charge in [0, 0.05) is 36.9 Å². The van der Waals surface area contributed by atoms with Crippen LogP contribution in [0.15, 0.2) is 54.6 Å². The molecule has 120 valence electrons. The molecule has 2 aromatic carbocycles. The molecule has 23 heavy (non-hydrogen) atoms. The summed E-state index contributed by atoms with van der Waals surface area (Å²) in [5.41, 5.74) is 7.73. The summed E-state index contributed by atoms with van der Waals surface area (Å²) in [7, 11) is 0. The van der Waals surface area contributed by atoms with Crippen molar-refractivity contribution in [2.45, 2.75) is 6.04 Å². The van der Waals surface area contributed by atoms with Crippen LogP contribution >= 0.6 is 11.6 Å². The number of carbonyl (C=O) groups excluding carboxylic acids is 1. The van der Waals surface area contributed by atoms with Crippen LogP contribution in [0.2, 0.25) is 5.02 Å². The van der Waals surface area contributed by atoms with Crippen LogP contribution in [-0.4, -0.2) is 37.0 Å². The summed E-state index contributed by atoms with van der Waals surface area (Å²) in [4.78, 5) is 16.4. The van der Waals surface area contributed by atoms with E-state index >= 15 is 0 Å². The maximum absolute atomic E-state index is 11.9. The lowest BCUT2D eigenvalue weighted by Crippen LogP contribution is -2.50. The fraction of sp³-hybridized carbons (Fsp3) is 0.278. The molecule has 0 spiro atoms. The Bertz CT molecular complexity index is 669. The van der Waals surface area contributed by atoms with Gasteiger partial charge in [0.25, 0.3) is 0 Å². The first-order chi connectivity index (χ1) is 11.1. The zero-order valence-corrected chi connectivity index (χ0v) is 13.6.